The van der Waals surface area contributed by atoms with E-state index in [0.29, 0.717) is 0 Å². The van der Waals surface area contributed by atoms with Gasteiger partial charge in [0, 0.05) is 11.3 Å². The largest absolute Gasteiger partial charge is 0.469 e. The van der Waals surface area contributed by atoms with E-state index in [2.05, 4.69) is 5.32 Å². The summed E-state index contributed by atoms with van der Waals surface area (Å²) in [7, 11) is 0. The quantitative estimate of drug-likeness (QED) is 0.881. The van der Waals surface area contributed by atoms with Crippen molar-refractivity contribution in [2.75, 3.05) is 5.32 Å². The number of benzene rings is 1. The molecule has 3 N–H and O–H groups in total. The van der Waals surface area contributed by atoms with Crippen LogP contribution in [0.1, 0.15) is 42.3 Å². The minimum atomic E-state index is -0.517. The molecule has 0 saturated heterocycles. The molecule has 1 aliphatic rings. The van der Waals surface area contributed by atoms with Gasteiger partial charge in [-0.1, -0.05) is 12.1 Å². The number of rotatable bonds is 2. The Bertz CT molecular complexity index is 686. The van der Waals surface area contributed by atoms with Crippen molar-refractivity contribution in [1.82, 2.24) is 0 Å². The molecule has 2 aromatic rings. The second-order valence-electron chi connectivity index (χ2n) is 5.79. The Morgan fingerprint density at radius 3 is 2.70 bits per heavy atom. The van der Waals surface area contributed by atoms with E-state index < -0.39 is 5.41 Å². The first-order valence-corrected chi connectivity index (χ1v) is 6.66. The van der Waals surface area contributed by atoms with Gasteiger partial charge in [0.05, 0.1) is 17.7 Å². The number of nitrogens with two attached hydrogens (primary N) is 1. The predicted octanol–water partition coefficient (Wildman–Crippen LogP) is 2.87. The van der Waals surface area contributed by atoms with E-state index in [1.807, 2.05) is 45.0 Å². The lowest BCUT2D eigenvalue weighted by Crippen LogP contribution is -2.27. The molecule has 0 aliphatic carbocycles. The predicted molar refractivity (Wildman–Crippen MR) is 77.6 cm³/mol. The summed E-state index contributed by atoms with van der Waals surface area (Å²) in [5.74, 6) is 0.851. The first kappa shape index (κ1) is 12.9. The molecule has 4 heteroatoms. The maximum Gasteiger partial charge on any atom is 0.234 e. The van der Waals surface area contributed by atoms with Crippen LogP contribution >= 0.6 is 0 Å². The van der Waals surface area contributed by atoms with Gasteiger partial charge in [-0.2, -0.15) is 0 Å². The SMILES string of the molecule is Cc1occc1C(N)c1ccc2c(c1)C(C)(C)C(=O)N2. The summed E-state index contributed by atoms with van der Waals surface area (Å²) in [4.78, 5) is 12.0. The summed E-state index contributed by atoms with van der Waals surface area (Å²) in [6.45, 7) is 5.75. The van der Waals surface area contributed by atoms with Crippen LogP contribution in [0.15, 0.2) is 34.9 Å². The molecule has 0 radical (unpaired) electrons. The minimum Gasteiger partial charge on any atom is -0.469 e. The molecular formula is C16H18N2O2. The number of nitrogens with one attached hydrogen (secondary N) is 1. The fraction of sp³-hybridized carbons (Fsp3) is 0.312. The van der Waals surface area contributed by atoms with Crippen LogP contribution in [0.4, 0.5) is 5.69 Å². The standard InChI is InChI=1S/C16H18N2O2/c1-9-11(6-7-20-9)14(17)10-4-5-13-12(8-10)16(2,3)15(19)18-13/h4-8,14H,17H2,1-3H3,(H,18,19). The fourth-order valence-corrected chi connectivity index (χ4v) is 2.68. The molecule has 1 aliphatic heterocycles. The van der Waals surface area contributed by atoms with Gasteiger partial charge in [-0.3, -0.25) is 4.79 Å². The smallest absolute Gasteiger partial charge is 0.234 e. The molecule has 2 heterocycles. The highest BCUT2D eigenvalue weighted by Crippen LogP contribution is 2.39. The van der Waals surface area contributed by atoms with Crippen molar-refractivity contribution in [3.8, 4) is 0 Å². The van der Waals surface area contributed by atoms with Crippen molar-refractivity contribution < 1.29 is 9.21 Å². The van der Waals surface area contributed by atoms with Gasteiger partial charge in [-0.15, -0.1) is 0 Å². The van der Waals surface area contributed by atoms with E-state index >= 15 is 0 Å². The maximum absolute atomic E-state index is 12.0. The van der Waals surface area contributed by atoms with Crippen molar-refractivity contribution >= 4 is 11.6 Å². The zero-order chi connectivity index (χ0) is 14.5. The van der Waals surface area contributed by atoms with Gasteiger partial charge in [0.2, 0.25) is 5.91 Å². The van der Waals surface area contributed by atoms with Crippen LogP contribution in [0.3, 0.4) is 0 Å². The van der Waals surface area contributed by atoms with Gasteiger partial charge in [-0.05, 0) is 44.0 Å². The Kier molecular flexibility index (Phi) is 2.73. The third-order valence-electron chi connectivity index (χ3n) is 4.13. The van der Waals surface area contributed by atoms with Gasteiger partial charge in [0.15, 0.2) is 0 Å². The van der Waals surface area contributed by atoms with Crippen LogP contribution in [0, 0.1) is 6.92 Å². The van der Waals surface area contributed by atoms with E-state index in [0.717, 1.165) is 28.1 Å². The summed E-state index contributed by atoms with van der Waals surface area (Å²) in [6.07, 6.45) is 1.65. The number of carbonyl (C=O) groups is 1. The normalized spacial score (nSPS) is 17.7. The average Bonchev–Trinajstić information content (AvgIpc) is 2.92. The molecule has 0 saturated carbocycles. The van der Waals surface area contributed by atoms with E-state index in [9.17, 15) is 4.79 Å². The number of hydrogen-bond acceptors (Lipinski definition) is 3. The average molecular weight is 270 g/mol. The van der Waals surface area contributed by atoms with Gasteiger partial charge in [0.1, 0.15) is 5.76 Å². The molecular weight excluding hydrogens is 252 g/mol. The van der Waals surface area contributed by atoms with Crippen molar-refractivity contribution in [3.63, 3.8) is 0 Å². The van der Waals surface area contributed by atoms with Gasteiger partial charge >= 0.3 is 0 Å². The van der Waals surface area contributed by atoms with Crippen molar-refractivity contribution in [3.05, 3.63) is 53.0 Å². The molecule has 1 aromatic carbocycles. The number of aryl methyl sites for hydroxylation is 1. The van der Waals surface area contributed by atoms with E-state index in [1.165, 1.54) is 0 Å². The van der Waals surface area contributed by atoms with Crippen molar-refractivity contribution in [1.29, 1.82) is 0 Å². The van der Waals surface area contributed by atoms with Crippen LogP contribution in [0.25, 0.3) is 0 Å². The Morgan fingerprint density at radius 2 is 2.05 bits per heavy atom. The molecule has 1 unspecified atom stereocenters. The Balaban J connectivity index is 2.04. The first-order valence-electron chi connectivity index (χ1n) is 6.66. The monoisotopic (exact) mass is 270 g/mol. The summed E-state index contributed by atoms with van der Waals surface area (Å²) in [5, 5.41) is 2.90. The summed E-state index contributed by atoms with van der Waals surface area (Å²) in [6, 6.07) is 7.54. The molecule has 1 amide bonds. The Morgan fingerprint density at radius 1 is 1.30 bits per heavy atom. The number of amides is 1. The number of carbonyl (C=O) groups excluding carboxylic acids is 1. The minimum absolute atomic E-state index is 0.0257. The van der Waals surface area contributed by atoms with Crippen molar-refractivity contribution in [2.24, 2.45) is 5.73 Å². The molecule has 1 atom stereocenters. The molecule has 104 valence electrons. The number of anilines is 1. The maximum atomic E-state index is 12.0. The zero-order valence-corrected chi connectivity index (χ0v) is 11.9. The van der Waals surface area contributed by atoms with E-state index in [1.54, 1.807) is 6.26 Å². The highest BCUT2D eigenvalue weighted by Gasteiger charge is 2.38. The molecule has 3 rings (SSSR count). The van der Waals surface area contributed by atoms with Gasteiger partial charge in [0.25, 0.3) is 0 Å². The summed E-state index contributed by atoms with van der Waals surface area (Å²) in [5.41, 5.74) is 9.62. The van der Waals surface area contributed by atoms with E-state index in [4.69, 9.17) is 10.2 Å². The lowest BCUT2D eigenvalue weighted by Gasteiger charge is -2.18. The molecule has 20 heavy (non-hydrogen) atoms. The third kappa shape index (κ3) is 1.76. The van der Waals surface area contributed by atoms with Gasteiger partial charge in [-0.25, -0.2) is 0 Å². The van der Waals surface area contributed by atoms with Crippen LogP contribution in [0.2, 0.25) is 0 Å². The Hall–Kier alpha value is -2.07. The van der Waals surface area contributed by atoms with Crippen LogP contribution < -0.4 is 11.1 Å². The fourth-order valence-electron chi connectivity index (χ4n) is 2.68. The lowest BCUT2D eigenvalue weighted by atomic mass is 9.84. The molecule has 4 nitrogen and oxygen atoms in total. The second kappa shape index (κ2) is 4.21. The summed E-state index contributed by atoms with van der Waals surface area (Å²) < 4.78 is 5.31. The van der Waals surface area contributed by atoms with Crippen LogP contribution in [-0.2, 0) is 10.2 Å². The first-order chi connectivity index (χ1) is 9.41. The molecule has 0 bridgehead atoms. The summed E-state index contributed by atoms with van der Waals surface area (Å²) >= 11 is 0. The van der Waals surface area contributed by atoms with Crippen molar-refractivity contribution in [2.45, 2.75) is 32.2 Å². The molecule has 0 fully saturated rings. The van der Waals surface area contributed by atoms with E-state index in [-0.39, 0.29) is 11.9 Å². The van der Waals surface area contributed by atoms with Crippen LogP contribution in [-0.4, -0.2) is 5.91 Å². The topological polar surface area (TPSA) is 68.3 Å². The third-order valence-corrected chi connectivity index (χ3v) is 4.13. The highest BCUT2D eigenvalue weighted by atomic mass is 16.3. The molecule has 0 spiro atoms. The second-order valence-corrected chi connectivity index (χ2v) is 5.79. The molecule has 1 aromatic heterocycles. The number of fused-ring (bicyclic) bond motifs is 1. The number of hydrogen-bond donors (Lipinski definition) is 2. The zero-order valence-electron chi connectivity index (χ0n) is 11.9. The van der Waals surface area contributed by atoms with Gasteiger partial charge < -0.3 is 15.5 Å². The number of furan rings is 1. The highest BCUT2D eigenvalue weighted by molar-refractivity contribution is 6.05. The lowest BCUT2D eigenvalue weighted by molar-refractivity contribution is -0.119. The Labute approximate surface area is 118 Å². The van der Waals surface area contributed by atoms with Crippen LogP contribution in [0.5, 0.6) is 0 Å².